The molecule has 34 heavy (non-hydrogen) atoms. The molecule has 170 valence electrons. The molecule has 2 aliphatic heterocycles. The fourth-order valence-corrected chi connectivity index (χ4v) is 5.06. The predicted octanol–water partition coefficient (Wildman–Crippen LogP) is 4.55. The van der Waals surface area contributed by atoms with Crippen LogP contribution in [0, 0.1) is 10.1 Å². The molecule has 1 amide bonds. The quantitative estimate of drug-likeness (QED) is 0.332. The van der Waals surface area contributed by atoms with E-state index in [-0.39, 0.29) is 11.1 Å². The summed E-state index contributed by atoms with van der Waals surface area (Å²) in [6, 6.07) is 17.8. The molecule has 0 radical (unpaired) electrons. The first-order chi connectivity index (χ1) is 16.5. The van der Waals surface area contributed by atoms with Gasteiger partial charge in [0.1, 0.15) is 5.75 Å². The Morgan fingerprint density at radius 1 is 1.06 bits per heavy atom. The van der Waals surface area contributed by atoms with Crippen molar-refractivity contribution in [2.75, 3.05) is 13.1 Å². The first kappa shape index (κ1) is 20.3. The van der Waals surface area contributed by atoms with Gasteiger partial charge in [-0.1, -0.05) is 18.2 Å². The van der Waals surface area contributed by atoms with Crippen LogP contribution in [0.1, 0.15) is 18.5 Å². The van der Waals surface area contributed by atoms with E-state index < -0.39 is 11.0 Å². The molecule has 1 fully saturated rings. The highest BCUT2D eigenvalue weighted by atomic mass is 16.6. The Labute approximate surface area is 194 Å². The first-order valence-electron chi connectivity index (χ1n) is 11.2. The molecular formula is C25H21N5O4. The van der Waals surface area contributed by atoms with E-state index in [0.717, 1.165) is 47.2 Å². The molecule has 1 saturated heterocycles. The van der Waals surface area contributed by atoms with Gasteiger partial charge >= 0.3 is 6.09 Å². The average molecular weight is 455 g/mol. The minimum atomic E-state index is -0.485. The van der Waals surface area contributed by atoms with E-state index in [1.54, 1.807) is 4.90 Å². The minimum absolute atomic E-state index is 0.0449. The summed E-state index contributed by atoms with van der Waals surface area (Å²) in [5, 5.41) is 16.7. The van der Waals surface area contributed by atoms with Crippen molar-refractivity contribution in [2.24, 2.45) is 0 Å². The smallest absolute Gasteiger partial charge is 0.410 e. The SMILES string of the molecule is O=C(Oc1ccc([N+](=O)[O-])cc1)N1CCC2(CCn3nc(-c4cnc5ccccc5c4)cc32)C1. The number of fused-ring (bicyclic) bond motifs is 3. The van der Waals surface area contributed by atoms with Crippen LogP contribution in [0.4, 0.5) is 10.5 Å². The number of nitro benzene ring substituents is 1. The zero-order chi connectivity index (χ0) is 23.3. The Balaban J connectivity index is 1.20. The summed E-state index contributed by atoms with van der Waals surface area (Å²) in [7, 11) is 0. The lowest BCUT2D eigenvalue weighted by Gasteiger charge is -2.23. The van der Waals surface area contributed by atoms with Gasteiger partial charge in [0.15, 0.2) is 0 Å². The van der Waals surface area contributed by atoms with Gasteiger partial charge in [-0.25, -0.2) is 4.79 Å². The van der Waals surface area contributed by atoms with Gasteiger partial charge in [-0.05, 0) is 43.2 Å². The molecule has 0 bridgehead atoms. The third-order valence-corrected chi connectivity index (χ3v) is 6.88. The molecule has 0 N–H and O–H groups in total. The Bertz CT molecular complexity index is 1430. The number of carbonyl (C=O) groups is 1. The Kier molecular flexibility index (Phi) is 4.58. The van der Waals surface area contributed by atoms with Gasteiger partial charge in [-0.3, -0.25) is 19.8 Å². The lowest BCUT2D eigenvalue weighted by Crippen LogP contribution is -2.35. The second-order valence-corrected chi connectivity index (χ2v) is 8.88. The summed E-state index contributed by atoms with van der Waals surface area (Å²) in [5.74, 6) is 0.291. The number of aryl methyl sites for hydroxylation is 1. The van der Waals surface area contributed by atoms with E-state index in [4.69, 9.17) is 9.84 Å². The number of likely N-dealkylation sites (tertiary alicyclic amines) is 1. The molecule has 1 spiro atoms. The number of nitro groups is 1. The van der Waals surface area contributed by atoms with Crippen LogP contribution in [0.5, 0.6) is 5.75 Å². The van der Waals surface area contributed by atoms with Crippen LogP contribution < -0.4 is 4.74 Å². The molecule has 0 saturated carbocycles. The first-order valence-corrected chi connectivity index (χ1v) is 11.2. The predicted molar refractivity (Wildman–Crippen MR) is 125 cm³/mol. The number of nitrogens with zero attached hydrogens (tertiary/aromatic N) is 5. The highest BCUT2D eigenvalue weighted by molar-refractivity contribution is 5.82. The molecule has 0 aliphatic carbocycles. The van der Waals surface area contributed by atoms with Crippen molar-refractivity contribution in [3.05, 3.63) is 82.7 Å². The maximum absolute atomic E-state index is 12.8. The number of hydrogen-bond acceptors (Lipinski definition) is 6. The van der Waals surface area contributed by atoms with E-state index in [1.807, 2.05) is 30.5 Å². The number of rotatable bonds is 3. The van der Waals surface area contributed by atoms with Gasteiger partial charge in [0.2, 0.25) is 0 Å². The number of para-hydroxylation sites is 1. The molecule has 2 aliphatic rings. The number of pyridine rings is 1. The Morgan fingerprint density at radius 3 is 2.68 bits per heavy atom. The van der Waals surface area contributed by atoms with Gasteiger partial charge in [-0.2, -0.15) is 5.10 Å². The van der Waals surface area contributed by atoms with Gasteiger partial charge in [0, 0.05) is 60.0 Å². The van der Waals surface area contributed by atoms with E-state index in [9.17, 15) is 14.9 Å². The van der Waals surface area contributed by atoms with Gasteiger partial charge in [-0.15, -0.1) is 0 Å². The van der Waals surface area contributed by atoms with Crippen LogP contribution in [0.25, 0.3) is 22.2 Å². The monoisotopic (exact) mass is 455 g/mol. The average Bonchev–Trinajstić information content (AvgIpc) is 3.56. The minimum Gasteiger partial charge on any atom is -0.410 e. The lowest BCUT2D eigenvalue weighted by molar-refractivity contribution is -0.384. The van der Waals surface area contributed by atoms with Crippen LogP contribution in [0.3, 0.4) is 0 Å². The molecule has 4 heterocycles. The molecule has 4 aromatic rings. The molecule has 2 aromatic carbocycles. The molecule has 1 unspecified atom stereocenters. The Hall–Kier alpha value is -4.27. The topological polar surface area (TPSA) is 103 Å². The summed E-state index contributed by atoms with van der Waals surface area (Å²) in [4.78, 5) is 29.4. The number of amides is 1. The van der Waals surface area contributed by atoms with Crippen LogP contribution >= 0.6 is 0 Å². The van der Waals surface area contributed by atoms with Crippen molar-refractivity contribution in [2.45, 2.75) is 24.8 Å². The number of benzene rings is 2. The van der Waals surface area contributed by atoms with Crippen LogP contribution in [-0.4, -0.2) is 43.8 Å². The molecule has 9 nitrogen and oxygen atoms in total. The van der Waals surface area contributed by atoms with E-state index in [2.05, 4.69) is 21.8 Å². The molecule has 2 aromatic heterocycles. The number of ether oxygens (including phenoxy) is 1. The lowest BCUT2D eigenvalue weighted by atomic mass is 9.82. The van der Waals surface area contributed by atoms with Crippen molar-refractivity contribution in [3.63, 3.8) is 0 Å². The fraction of sp³-hybridized carbons (Fsp3) is 0.240. The number of carbonyl (C=O) groups excluding carboxylic acids is 1. The summed E-state index contributed by atoms with van der Waals surface area (Å²) in [6.07, 6.45) is 3.18. The van der Waals surface area contributed by atoms with Gasteiger partial charge < -0.3 is 9.64 Å². The second-order valence-electron chi connectivity index (χ2n) is 8.88. The molecule has 6 rings (SSSR count). The highest BCUT2D eigenvalue weighted by Gasteiger charge is 2.47. The summed E-state index contributed by atoms with van der Waals surface area (Å²) in [6.45, 7) is 1.95. The summed E-state index contributed by atoms with van der Waals surface area (Å²) < 4.78 is 7.52. The summed E-state index contributed by atoms with van der Waals surface area (Å²) in [5.41, 5.74) is 3.76. The van der Waals surface area contributed by atoms with E-state index in [1.165, 1.54) is 24.3 Å². The largest absolute Gasteiger partial charge is 0.415 e. The van der Waals surface area contributed by atoms with Crippen molar-refractivity contribution in [1.29, 1.82) is 0 Å². The van der Waals surface area contributed by atoms with Gasteiger partial charge in [0.05, 0.1) is 16.1 Å². The number of hydrogen-bond donors (Lipinski definition) is 0. The van der Waals surface area contributed by atoms with Gasteiger partial charge in [0.25, 0.3) is 5.69 Å². The summed E-state index contributed by atoms with van der Waals surface area (Å²) >= 11 is 0. The number of aromatic nitrogens is 3. The second kappa shape index (κ2) is 7.65. The zero-order valence-corrected chi connectivity index (χ0v) is 18.3. The number of non-ortho nitro benzene ring substituents is 1. The van der Waals surface area contributed by atoms with Crippen LogP contribution in [-0.2, 0) is 12.0 Å². The van der Waals surface area contributed by atoms with E-state index >= 15 is 0 Å². The van der Waals surface area contributed by atoms with Crippen molar-refractivity contribution in [1.82, 2.24) is 19.7 Å². The zero-order valence-electron chi connectivity index (χ0n) is 18.3. The van der Waals surface area contributed by atoms with Crippen LogP contribution in [0.15, 0.2) is 66.9 Å². The fourth-order valence-electron chi connectivity index (χ4n) is 5.06. The highest BCUT2D eigenvalue weighted by Crippen LogP contribution is 2.44. The van der Waals surface area contributed by atoms with Crippen molar-refractivity contribution >= 4 is 22.7 Å². The maximum Gasteiger partial charge on any atom is 0.415 e. The van der Waals surface area contributed by atoms with Crippen LogP contribution in [0.2, 0.25) is 0 Å². The molecule has 9 heteroatoms. The third kappa shape index (κ3) is 3.37. The normalized spacial score (nSPS) is 19.0. The molecular weight excluding hydrogens is 434 g/mol. The third-order valence-electron chi connectivity index (χ3n) is 6.88. The van der Waals surface area contributed by atoms with Crippen molar-refractivity contribution < 1.29 is 14.5 Å². The van der Waals surface area contributed by atoms with Crippen molar-refractivity contribution in [3.8, 4) is 17.0 Å². The van der Waals surface area contributed by atoms with E-state index in [0.29, 0.717) is 18.8 Å². The maximum atomic E-state index is 12.8. The standard InChI is InChI=1S/C25H21N5O4/c31-24(34-20-7-5-19(6-8-20)30(32)33)28-11-9-25(16-28)10-12-29-23(25)14-22(27-29)18-13-17-3-1-2-4-21(17)26-15-18/h1-8,13-15H,9-12,16H2. The molecule has 1 atom stereocenters. The Morgan fingerprint density at radius 2 is 1.85 bits per heavy atom.